The molecule has 4 nitrogen and oxygen atoms in total. The molecule has 2 atom stereocenters. The molecule has 0 radical (unpaired) electrons. The third kappa shape index (κ3) is 2.84. The zero-order valence-corrected chi connectivity index (χ0v) is 13.7. The van der Waals surface area contributed by atoms with E-state index < -0.39 is 10.0 Å². The van der Waals surface area contributed by atoms with Crippen LogP contribution in [0, 0.1) is 0 Å². The lowest BCUT2D eigenvalue weighted by Gasteiger charge is -2.31. The molecule has 1 aromatic carbocycles. The monoisotopic (exact) mass is 329 g/mol. The summed E-state index contributed by atoms with van der Waals surface area (Å²) in [7, 11) is -3.47. The maximum absolute atomic E-state index is 13.0. The van der Waals surface area contributed by atoms with Gasteiger partial charge in [0, 0.05) is 19.0 Å². The minimum Gasteiger partial charge on any atom is -0.372 e. The summed E-state index contributed by atoms with van der Waals surface area (Å²) in [6, 6.07) is 5.49. The van der Waals surface area contributed by atoms with Gasteiger partial charge in [-0.05, 0) is 36.5 Å². The van der Waals surface area contributed by atoms with Crippen molar-refractivity contribution in [3.63, 3.8) is 0 Å². The normalized spacial score (nSPS) is 26.2. The molecule has 116 valence electrons. The Balaban J connectivity index is 1.97. The van der Waals surface area contributed by atoms with Crippen LogP contribution >= 0.6 is 11.6 Å². The number of alkyl halides is 1. The van der Waals surface area contributed by atoms with E-state index in [0.29, 0.717) is 30.3 Å². The highest BCUT2D eigenvalue weighted by molar-refractivity contribution is 7.89. The first-order chi connectivity index (χ1) is 10.0. The van der Waals surface area contributed by atoms with Crippen molar-refractivity contribution < 1.29 is 13.2 Å². The summed E-state index contributed by atoms with van der Waals surface area (Å²) in [5.74, 6) is 0.320. The maximum Gasteiger partial charge on any atom is 0.243 e. The molecular weight excluding hydrogens is 310 g/mol. The average molecular weight is 330 g/mol. The zero-order chi connectivity index (χ0) is 15.0. The number of hydrogen-bond donors (Lipinski definition) is 0. The summed E-state index contributed by atoms with van der Waals surface area (Å²) in [4.78, 5) is 0.407. The Labute approximate surface area is 131 Å². The van der Waals surface area contributed by atoms with Crippen molar-refractivity contribution in [2.24, 2.45) is 0 Å². The van der Waals surface area contributed by atoms with Crippen molar-refractivity contribution in [3.05, 3.63) is 29.3 Å². The van der Waals surface area contributed by atoms with Crippen LogP contribution < -0.4 is 0 Å². The van der Waals surface area contributed by atoms with Crippen LogP contribution in [0.1, 0.15) is 30.9 Å². The minimum atomic E-state index is -3.47. The van der Waals surface area contributed by atoms with Gasteiger partial charge in [0.1, 0.15) is 0 Å². The highest BCUT2D eigenvalue weighted by atomic mass is 35.5. The second-order valence-electron chi connectivity index (χ2n) is 5.71. The van der Waals surface area contributed by atoms with E-state index in [2.05, 4.69) is 0 Å². The first kappa shape index (κ1) is 15.3. The van der Waals surface area contributed by atoms with Crippen LogP contribution in [0.4, 0.5) is 0 Å². The summed E-state index contributed by atoms with van der Waals surface area (Å²) in [5, 5.41) is 0. The zero-order valence-electron chi connectivity index (χ0n) is 12.1. The molecular formula is C15H20ClNO3S. The van der Waals surface area contributed by atoms with Crippen molar-refractivity contribution in [2.45, 2.75) is 49.2 Å². The van der Waals surface area contributed by atoms with E-state index in [1.54, 1.807) is 10.4 Å². The fourth-order valence-electron chi connectivity index (χ4n) is 3.13. The Bertz CT molecular complexity index is 620. The van der Waals surface area contributed by atoms with Gasteiger partial charge in [-0.1, -0.05) is 19.1 Å². The molecule has 2 heterocycles. The maximum atomic E-state index is 13.0. The largest absolute Gasteiger partial charge is 0.372 e. The second kappa shape index (κ2) is 5.88. The molecule has 0 aliphatic carbocycles. The van der Waals surface area contributed by atoms with Crippen molar-refractivity contribution in [1.29, 1.82) is 0 Å². The van der Waals surface area contributed by atoms with Gasteiger partial charge < -0.3 is 4.74 Å². The molecule has 0 aromatic heterocycles. The summed E-state index contributed by atoms with van der Waals surface area (Å²) >= 11 is 5.86. The van der Waals surface area contributed by atoms with Gasteiger partial charge in [0.25, 0.3) is 0 Å². The van der Waals surface area contributed by atoms with Gasteiger partial charge in [-0.25, -0.2) is 8.42 Å². The third-order valence-electron chi connectivity index (χ3n) is 4.29. The van der Waals surface area contributed by atoms with E-state index in [4.69, 9.17) is 16.3 Å². The molecule has 3 rings (SSSR count). The number of fused-ring (bicyclic) bond motifs is 2. The number of benzene rings is 1. The summed E-state index contributed by atoms with van der Waals surface area (Å²) in [6.45, 7) is 2.90. The van der Waals surface area contributed by atoms with Gasteiger partial charge in [0.05, 0.1) is 17.1 Å². The van der Waals surface area contributed by atoms with Gasteiger partial charge >= 0.3 is 0 Å². The third-order valence-corrected chi connectivity index (χ3v) is 6.52. The molecule has 0 saturated carbocycles. The predicted octanol–water partition coefficient (Wildman–Crippen LogP) is 2.54. The number of hydrogen-bond acceptors (Lipinski definition) is 3. The number of rotatable bonds is 4. The second-order valence-corrected chi connectivity index (χ2v) is 7.88. The number of aryl methyl sites for hydroxylation is 1. The number of halogens is 1. The molecule has 0 amide bonds. The van der Waals surface area contributed by atoms with Gasteiger partial charge in [-0.2, -0.15) is 4.31 Å². The van der Waals surface area contributed by atoms with Gasteiger partial charge in [0.15, 0.2) is 0 Å². The van der Waals surface area contributed by atoms with Crippen molar-refractivity contribution in [2.75, 3.05) is 13.1 Å². The first-order valence-corrected chi connectivity index (χ1v) is 9.35. The Morgan fingerprint density at radius 1 is 1.29 bits per heavy atom. The van der Waals surface area contributed by atoms with Crippen LogP contribution in [0.5, 0.6) is 0 Å². The van der Waals surface area contributed by atoms with Crippen LogP contribution in [-0.4, -0.2) is 38.0 Å². The average Bonchev–Trinajstić information content (AvgIpc) is 2.84. The van der Waals surface area contributed by atoms with Crippen LogP contribution in [-0.2, 0) is 27.1 Å². The number of ether oxygens (including phenoxy) is 1. The molecule has 6 heteroatoms. The smallest absolute Gasteiger partial charge is 0.243 e. The molecule has 2 fully saturated rings. The van der Waals surface area contributed by atoms with Crippen molar-refractivity contribution in [1.82, 2.24) is 4.31 Å². The van der Waals surface area contributed by atoms with E-state index >= 15 is 0 Å². The Kier molecular flexibility index (Phi) is 4.28. The quantitative estimate of drug-likeness (QED) is 0.797. The van der Waals surface area contributed by atoms with E-state index in [0.717, 1.165) is 24.0 Å². The molecule has 0 spiro atoms. The molecule has 2 saturated heterocycles. The van der Waals surface area contributed by atoms with Crippen LogP contribution in [0.3, 0.4) is 0 Å². The Morgan fingerprint density at radius 3 is 2.52 bits per heavy atom. The Hall–Kier alpha value is -0.620. The standard InChI is InChI=1S/C15H20ClNO3S/c1-2-12-4-3-11(8-16)7-15(12)21(18,19)17-9-13-5-6-14(10-17)20-13/h3-4,7,13-14H,2,5-6,8-10H2,1H3. The Morgan fingerprint density at radius 2 is 1.95 bits per heavy atom. The number of nitrogens with zero attached hydrogens (tertiary/aromatic N) is 1. The fraction of sp³-hybridized carbons (Fsp3) is 0.600. The molecule has 2 unspecified atom stereocenters. The molecule has 1 aromatic rings. The van der Waals surface area contributed by atoms with E-state index in [-0.39, 0.29) is 12.2 Å². The van der Waals surface area contributed by atoms with Crippen LogP contribution in [0.25, 0.3) is 0 Å². The first-order valence-electron chi connectivity index (χ1n) is 7.38. The fourth-order valence-corrected chi connectivity index (χ4v) is 5.14. The summed E-state index contributed by atoms with van der Waals surface area (Å²) in [5.41, 5.74) is 1.69. The van der Waals surface area contributed by atoms with E-state index in [9.17, 15) is 8.42 Å². The highest BCUT2D eigenvalue weighted by Gasteiger charge is 2.39. The SMILES string of the molecule is CCc1ccc(CCl)cc1S(=O)(=O)N1CC2CCC(C1)O2. The molecule has 2 aliphatic heterocycles. The van der Waals surface area contributed by atoms with Crippen LogP contribution in [0.15, 0.2) is 23.1 Å². The number of sulfonamides is 1. The van der Waals surface area contributed by atoms with E-state index in [1.165, 1.54) is 0 Å². The summed E-state index contributed by atoms with van der Waals surface area (Å²) < 4.78 is 33.3. The van der Waals surface area contributed by atoms with Crippen molar-refractivity contribution >= 4 is 21.6 Å². The lowest BCUT2D eigenvalue weighted by atomic mass is 10.1. The molecule has 0 N–H and O–H groups in total. The predicted molar refractivity (Wildman–Crippen MR) is 82.0 cm³/mol. The highest BCUT2D eigenvalue weighted by Crippen LogP contribution is 2.31. The van der Waals surface area contributed by atoms with E-state index in [1.807, 2.05) is 19.1 Å². The topological polar surface area (TPSA) is 46.6 Å². The van der Waals surface area contributed by atoms with Gasteiger partial charge in [0.2, 0.25) is 10.0 Å². The van der Waals surface area contributed by atoms with Crippen molar-refractivity contribution in [3.8, 4) is 0 Å². The summed E-state index contributed by atoms with van der Waals surface area (Å²) in [6.07, 6.45) is 2.71. The van der Waals surface area contributed by atoms with Crippen LogP contribution in [0.2, 0.25) is 0 Å². The minimum absolute atomic E-state index is 0.0554. The van der Waals surface area contributed by atoms with Gasteiger partial charge in [-0.15, -0.1) is 11.6 Å². The molecule has 21 heavy (non-hydrogen) atoms. The lowest BCUT2D eigenvalue weighted by Crippen LogP contribution is -2.45. The molecule has 2 bridgehead atoms. The van der Waals surface area contributed by atoms with Gasteiger partial charge in [-0.3, -0.25) is 0 Å². The number of morpholine rings is 1. The molecule has 2 aliphatic rings. The lowest BCUT2D eigenvalue weighted by molar-refractivity contribution is -0.0114.